The third-order valence-corrected chi connectivity index (χ3v) is 5.76. The molecule has 0 saturated heterocycles. The van der Waals surface area contributed by atoms with Crippen molar-refractivity contribution in [2.45, 2.75) is 51.0 Å². The molecule has 2 atom stereocenters. The molecule has 1 saturated carbocycles. The maximum Gasteiger partial charge on any atom is 0.303 e. The van der Waals surface area contributed by atoms with Crippen LogP contribution in [-0.2, 0) is 14.8 Å². The van der Waals surface area contributed by atoms with Crippen molar-refractivity contribution in [3.8, 4) is 0 Å². The molecule has 0 heterocycles. The number of rotatable bonds is 10. The van der Waals surface area contributed by atoms with Gasteiger partial charge in [-0.25, -0.2) is 17.5 Å². The normalized spacial score (nSPS) is 20.6. The van der Waals surface area contributed by atoms with Crippen molar-refractivity contribution in [1.29, 1.82) is 0 Å². The molecular formula is C20H26FNO4S. The third kappa shape index (κ3) is 8.05. The second-order valence-corrected chi connectivity index (χ2v) is 8.41. The standard InChI is InChI=1S/C20H26FNO4S/c21-18-10-5-7-16(15-18)13-14-27(25,26)22-19-11-6-9-17(19)8-3-1-2-4-12-20(23)24/h1,3,5,7,10,13-15,17,19,22H,2,4,6,8-9,11-12H2,(H,23,24). The molecule has 2 unspecified atom stereocenters. The molecule has 1 aromatic rings. The van der Waals surface area contributed by atoms with Gasteiger partial charge in [-0.15, -0.1) is 0 Å². The minimum absolute atomic E-state index is 0.115. The first-order chi connectivity index (χ1) is 12.9. The number of unbranched alkanes of at least 4 members (excludes halogenated alkanes) is 1. The van der Waals surface area contributed by atoms with Gasteiger partial charge in [0.15, 0.2) is 0 Å². The first-order valence-corrected chi connectivity index (χ1v) is 10.7. The predicted octanol–water partition coefficient (Wildman–Crippen LogP) is 4.09. The average Bonchev–Trinajstić information content (AvgIpc) is 3.02. The summed E-state index contributed by atoms with van der Waals surface area (Å²) in [7, 11) is -3.60. The van der Waals surface area contributed by atoms with E-state index in [-0.39, 0.29) is 18.4 Å². The van der Waals surface area contributed by atoms with Crippen LogP contribution in [0.5, 0.6) is 0 Å². The molecular weight excluding hydrogens is 369 g/mol. The van der Waals surface area contributed by atoms with Crippen LogP contribution < -0.4 is 4.72 Å². The quantitative estimate of drug-likeness (QED) is 0.462. The summed E-state index contributed by atoms with van der Waals surface area (Å²) in [5.41, 5.74) is 0.493. The topological polar surface area (TPSA) is 83.5 Å². The van der Waals surface area contributed by atoms with E-state index in [9.17, 15) is 17.6 Å². The van der Waals surface area contributed by atoms with E-state index in [4.69, 9.17) is 5.11 Å². The van der Waals surface area contributed by atoms with Crippen LogP contribution in [-0.4, -0.2) is 25.5 Å². The van der Waals surface area contributed by atoms with E-state index in [1.54, 1.807) is 6.07 Å². The number of carbonyl (C=O) groups is 1. The Kier molecular flexibility index (Phi) is 8.19. The van der Waals surface area contributed by atoms with Crippen molar-refractivity contribution in [2.24, 2.45) is 5.92 Å². The molecule has 0 spiro atoms. The van der Waals surface area contributed by atoms with Gasteiger partial charge in [0.1, 0.15) is 5.82 Å². The van der Waals surface area contributed by atoms with Gasteiger partial charge in [0.25, 0.3) is 0 Å². The average molecular weight is 395 g/mol. The fourth-order valence-corrected chi connectivity index (χ4v) is 4.41. The summed E-state index contributed by atoms with van der Waals surface area (Å²) in [6, 6.07) is 5.64. The van der Waals surface area contributed by atoms with Crippen LogP contribution in [0.25, 0.3) is 6.08 Å². The number of carboxylic acids is 1. The van der Waals surface area contributed by atoms with Crippen molar-refractivity contribution in [3.63, 3.8) is 0 Å². The molecule has 1 aromatic carbocycles. The van der Waals surface area contributed by atoms with Gasteiger partial charge in [-0.2, -0.15) is 0 Å². The molecule has 0 amide bonds. The lowest BCUT2D eigenvalue weighted by Gasteiger charge is -2.18. The first-order valence-electron chi connectivity index (χ1n) is 9.18. The third-order valence-electron chi connectivity index (χ3n) is 4.63. The molecule has 148 valence electrons. The summed E-state index contributed by atoms with van der Waals surface area (Å²) in [4.78, 5) is 10.5. The Bertz CT molecular complexity index is 789. The Morgan fingerprint density at radius 2 is 2.11 bits per heavy atom. The lowest BCUT2D eigenvalue weighted by molar-refractivity contribution is -0.137. The summed E-state index contributed by atoms with van der Waals surface area (Å²) in [5.74, 6) is -0.966. The fourth-order valence-electron chi connectivity index (χ4n) is 3.26. The van der Waals surface area contributed by atoms with Gasteiger partial charge in [-0.05, 0) is 61.8 Å². The lowest BCUT2D eigenvalue weighted by Crippen LogP contribution is -2.36. The zero-order chi connectivity index (χ0) is 19.7. The minimum Gasteiger partial charge on any atom is -0.481 e. The molecule has 0 radical (unpaired) electrons. The van der Waals surface area contributed by atoms with E-state index in [1.165, 1.54) is 24.3 Å². The Morgan fingerprint density at radius 1 is 1.30 bits per heavy atom. The molecule has 0 bridgehead atoms. The number of aliphatic carboxylic acids is 1. The summed E-state index contributed by atoms with van der Waals surface area (Å²) < 4.78 is 40.5. The van der Waals surface area contributed by atoms with E-state index in [0.717, 1.165) is 31.1 Å². The number of halogens is 1. The number of benzene rings is 1. The first kappa shape index (κ1) is 21.3. The number of sulfonamides is 1. The highest BCUT2D eigenvalue weighted by atomic mass is 32.2. The van der Waals surface area contributed by atoms with Gasteiger partial charge >= 0.3 is 5.97 Å². The van der Waals surface area contributed by atoms with Gasteiger partial charge in [-0.1, -0.05) is 30.7 Å². The minimum atomic E-state index is -3.60. The predicted molar refractivity (Wildman–Crippen MR) is 104 cm³/mol. The van der Waals surface area contributed by atoms with Crippen molar-refractivity contribution >= 4 is 22.1 Å². The largest absolute Gasteiger partial charge is 0.481 e. The molecule has 0 aromatic heterocycles. The second-order valence-electron chi connectivity index (χ2n) is 6.81. The number of allylic oxidation sites excluding steroid dienone is 2. The molecule has 5 nitrogen and oxygen atoms in total. The fraction of sp³-hybridized carbons (Fsp3) is 0.450. The Labute approximate surface area is 160 Å². The van der Waals surface area contributed by atoms with Crippen molar-refractivity contribution in [1.82, 2.24) is 4.72 Å². The van der Waals surface area contributed by atoms with Crippen LogP contribution >= 0.6 is 0 Å². The van der Waals surface area contributed by atoms with Gasteiger partial charge in [-0.3, -0.25) is 4.79 Å². The van der Waals surface area contributed by atoms with Crippen LogP contribution in [0.15, 0.2) is 41.8 Å². The number of hydrogen-bond acceptors (Lipinski definition) is 3. The molecule has 1 aliphatic carbocycles. The van der Waals surface area contributed by atoms with Crippen LogP contribution in [0.2, 0.25) is 0 Å². The van der Waals surface area contributed by atoms with Crippen LogP contribution in [0, 0.1) is 11.7 Å². The van der Waals surface area contributed by atoms with E-state index in [0.29, 0.717) is 18.4 Å². The van der Waals surface area contributed by atoms with Crippen molar-refractivity contribution < 1.29 is 22.7 Å². The summed E-state index contributed by atoms with van der Waals surface area (Å²) in [6.45, 7) is 0. The molecule has 7 heteroatoms. The van der Waals surface area contributed by atoms with E-state index >= 15 is 0 Å². The van der Waals surface area contributed by atoms with E-state index in [2.05, 4.69) is 4.72 Å². The second kappa shape index (κ2) is 10.4. The van der Waals surface area contributed by atoms with Crippen molar-refractivity contribution in [2.75, 3.05) is 0 Å². The summed E-state index contributed by atoms with van der Waals surface area (Å²) in [5, 5.41) is 9.68. The monoisotopic (exact) mass is 395 g/mol. The zero-order valence-electron chi connectivity index (χ0n) is 15.2. The molecule has 1 fully saturated rings. The highest BCUT2D eigenvalue weighted by Crippen LogP contribution is 2.29. The van der Waals surface area contributed by atoms with Crippen LogP contribution in [0.3, 0.4) is 0 Å². The lowest BCUT2D eigenvalue weighted by atomic mass is 10.00. The van der Waals surface area contributed by atoms with Gasteiger partial charge in [0, 0.05) is 17.9 Å². The van der Waals surface area contributed by atoms with Gasteiger partial charge in [0.2, 0.25) is 10.0 Å². The maximum atomic E-state index is 13.2. The number of hydrogen-bond donors (Lipinski definition) is 2. The maximum absolute atomic E-state index is 13.2. The Morgan fingerprint density at radius 3 is 2.85 bits per heavy atom. The zero-order valence-corrected chi connectivity index (χ0v) is 16.0. The Hall–Kier alpha value is -1.99. The smallest absolute Gasteiger partial charge is 0.303 e. The summed E-state index contributed by atoms with van der Waals surface area (Å²) >= 11 is 0. The highest BCUT2D eigenvalue weighted by molar-refractivity contribution is 7.92. The molecule has 1 aliphatic rings. The van der Waals surface area contributed by atoms with E-state index in [1.807, 2.05) is 12.2 Å². The van der Waals surface area contributed by atoms with Gasteiger partial charge < -0.3 is 5.11 Å². The molecule has 2 rings (SSSR count). The number of nitrogens with one attached hydrogen (secondary N) is 1. The Balaban J connectivity index is 1.85. The highest BCUT2D eigenvalue weighted by Gasteiger charge is 2.28. The molecule has 27 heavy (non-hydrogen) atoms. The van der Waals surface area contributed by atoms with Crippen molar-refractivity contribution in [3.05, 3.63) is 53.2 Å². The van der Waals surface area contributed by atoms with Gasteiger partial charge in [0.05, 0.1) is 0 Å². The van der Waals surface area contributed by atoms with E-state index < -0.39 is 21.8 Å². The number of carboxylic acid groups (broad SMARTS) is 1. The molecule has 2 N–H and O–H groups in total. The van der Waals surface area contributed by atoms with Crippen LogP contribution in [0.4, 0.5) is 4.39 Å². The summed E-state index contributed by atoms with van der Waals surface area (Å²) in [6.07, 6.45) is 10.4. The molecule has 0 aliphatic heterocycles. The SMILES string of the molecule is O=C(O)CCCC=CCC1CCCC1NS(=O)(=O)C=Cc1cccc(F)c1. The van der Waals surface area contributed by atoms with Crippen LogP contribution in [0.1, 0.15) is 50.5 Å².